The summed E-state index contributed by atoms with van der Waals surface area (Å²) in [4.78, 5) is 39.4. The molecule has 0 radical (unpaired) electrons. The number of carbonyl (C=O) groups is 3. The third kappa shape index (κ3) is 4.42. The lowest BCUT2D eigenvalue weighted by Crippen LogP contribution is -2.57. The Kier molecular flexibility index (Phi) is 6.40. The van der Waals surface area contributed by atoms with E-state index in [-0.39, 0.29) is 24.5 Å². The number of urea groups is 1. The van der Waals surface area contributed by atoms with Crippen LogP contribution in [0.5, 0.6) is 5.75 Å². The van der Waals surface area contributed by atoms with Crippen LogP contribution >= 0.6 is 0 Å². The maximum atomic E-state index is 12.5. The van der Waals surface area contributed by atoms with E-state index in [9.17, 15) is 14.4 Å². The maximum absolute atomic E-state index is 12.5. The Labute approximate surface area is 152 Å². The summed E-state index contributed by atoms with van der Waals surface area (Å²) in [5.74, 6) is 0.0109. The number of anilines is 2. The Bertz CT molecular complexity index is 694. The van der Waals surface area contributed by atoms with Gasteiger partial charge in [0, 0.05) is 32.9 Å². The summed E-state index contributed by atoms with van der Waals surface area (Å²) in [5, 5.41) is 5.42. The Morgan fingerprint density at radius 1 is 1.23 bits per heavy atom. The highest BCUT2D eigenvalue weighted by atomic mass is 16.5. The highest BCUT2D eigenvalue weighted by Gasteiger charge is 2.32. The zero-order valence-corrected chi connectivity index (χ0v) is 15.4. The minimum Gasteiger partial charge on any atom is -0.495 e. The largest absolute Gasteiger partial charge is 0.495 e. The third-order valence-electron chi connectivity index (χ3n) is 4.14. The van der Waals surface area contributed by atoms with Gasteiger partial charge >= 0.3 is 6.03 Å². The number of benzene rings is 1. The van der Waals surface area contributed by atoms with Gasteiger partial charge in [-0.25, -0.2) is 4.79 Å². The van der Waals surface area contributed by atoms with Crippen LogP contribution in [0.1, 0.15) is 6.92 Å². The number of nitrogens with zero attached hydrogens (tertiary/aromatic N) is 2. The average Bonchev–Trinajstić information content (AvgIpc) is 2.60. The van der Waals surface area contributed by atoms with Gasteiger partial charge in [0.1, 0.15) is 18.4 Å². The van der Waals surface area contributed by atoms with Crippen molar-refractivity contribution >= 4 is 29.2 Å². The second-order valence-electron chi connectivity index (χ2n) is 5.96. The Balaban J connectivity index is 2.12. The number of amides is 4. The number of hydrogen-bond donors (Lipinski definition) is 2. The van der Waals surface area contributed by atoms with E-state index in [1.165, 1.54) is 19.1 Å². The van der Waals surface area contributed by atoms with Crippen LogP contribution in [0.4, 0.5) is 16.2 Å². The molecule has 1 fully saturated rings. The molecule has 4 amide bonds. The highest BCUT2D eigenvalue weighted by molar-refractivity contribution is 5.97. The van der Waals surface area contributed by atoms with Gasteiger partial charge in [0.05, 0.1) is 12.8 Å². The molecule has 0 spiro atoms. The fourth-order valence-electron chi connectivity index (χ4n) is 2.69. The van der Waals surface area contributed by atoms with Crippen molar-refractivity contribution in [1.82, 2.24) is 9.80 Å². The van der Waals surface area contributed by atoms with Crippen molar-refractivity contribution in [2.45, 2.75) is 13.0 Å². The number of piperazine rings is 1. The van der Waals surface area contributed by atoms with Gasteiger partial charge < -0.3 is 29.9 Å². The minimum absolute atomic E-state index is 0.0966. The molecule has 26 heavy (non-hydrogen) atoms. The summed E-state index contributed by atoms with van der Waals surface area (Å²) in [5.41, 5.74) is 0.886. The summed E-state index contributed by atoms with van der Waals surface area (Å²) in [6.45, 7) is 2.53. The summed E-state index contributed by atoms with van der Waals surface area (Å²) in [6, 6.07) is 3.97. The molecule has 0 aliphatic carbocycles. The number of methoxy groups -OCH3 is 2. The van der Waals surface area contributed by atoms with Crippen LogP contribution in [-0.2, 0) is 14.3 Å². The van der Waals surface area contributed by atoms with Crippen molar-refractivity contribution in [3.8, 4) is 5.75 Å². The first kappa shape index (κ1) is 19.5. The van der Waals surface area contributed by atoms with Gasteiger partial charge in [0.2, 0.25) is 11.8 Å². The number of hydrogen-bond acceptors (Lipinski definition) is 5. The smallest absolute Gasteiger partial charge is 0.322 e. The predicted octanol–water partition coefficient (Wildman–Crippen LogP) is 0.974. The topological polar surface area (TPSA) is 100 Å². The molecule has 1 heterocycles. The second-order valence-corrected chi connectivity index (χ2v) is 5.96. The van der Waals surface area contributed by atoms with Crippen molar-refractivity contribution in [2.75, 3.05) is 51.6 Å². The van der Waals surface area contributed by atoms with Crippen LogP contribution in [0.3, 0.4) is 0 Å². The number of rotatable bonds is 5. The van der Waals surface area contributed by atoms with Gasteiger partial charge in [-0.15, -0.1) is 0 Å². The molecule has 1 aromatic rings. The quantitative estimate of drug-likeness (QED) is 0.811. The van der Waals surface area contributed by atoms with Gasteiger partial charge in [-0.2, -0.15) is 0 Å². The summed E-state index contributed by atoms with van der Waals surface area (Å²) in [6.07, 6.45) is 0. The number of likely N-dealkylation sites (N-methyl/N-ethyl adjacent to an activating group) is 1. The van der Waals surface area contributed by atoms with Crippen LogP contribution in [0.25, 0.3) is 0 Å². The van der Waals surface area contributed by atoms with Gasteiger partial charge in [-0.1, -0.05) is 0 Å². The van der Waals surface area contributed by atoms with E-state index in [2.05, 4.69) is 10.6 Å². The first-order chi connectivity index (χ1) is 12.4. The number of nitrogens with one attached hydrogen (secondary N) is 2. The van der Waals surface area contributed by atoms with Gasteiger partial charge in [0.15, 0.2) is 0 Å². The highest BCUT2D eigenvalue weighted by Crippen LogP contribution is 2.28. The van der Waals surface area contributed by atoms with Gasteiger partial charge in [-0.3, -0.25) is 9.59 Å². The molecule has 1 saturated heterocycles. The normalized spacial score (nSPS) is 17.1. The van der Waals surface area contributed by atoms with Crippen molar-refractivity contribution < 1.29 is 23.9 Å². The summed E-state index contributed by atoms with van der Waals surface area (Å²) < 4.78 is 10.0. The molecule has 2 rings (SSSR count). The Morgan fingerprint density at radius 3 is 2.62 bits per heavy atom. The monoisotopic (exact) mass is 364 g/mol. The molecule has 0 aromatic heterocycles. The van der Waals surface area contributed by atoms with Crippen molar-refractivity contribution in [3.63, 3.8) is 0 Å². The fourth-order valence-corrected chi connectivity index (χ4v) is 2.69. The van der Waals surface area contributed by atoms with Crippen LogP contribution < -0.4 is 15.4 Å². The van der Waals surface area contributed by atoms with Crippen LogP contribution in [0.15, 0.2) is 18.2 Å². The van der Waals surface area contributed by atoms with Crippen LogP contribution in [0, 0.1) is 0 Å². The molecule has 1 aliphatic rings. The van der Waals surface area contributed by atoms with E-state index < -0.39 is 6.04 Å². The first-order valence-corrected chi connectivity index (χ1v) is 8.16. The average molecular weight is 364 g/mol. The minimum atomic E-state index is -0.534. The van der Waals surface area contributed by atoms with Crippen molar-refractivity contribution in [1.29, 1.82) is 0 Å². The van der Waals surface area contributed by atoms with E-state index >= 15 is 0 Å². The number of ether oxygens (including phenoxy) is 2. The molecule has 142 valence electrons. The predicted molar refractivity (Wildman–Crippen MR) is 96.3 cm³/mol. The number of carbonyl (C=O) groups excluding carboxylic acids is 3. The maximum Gasteiger partial charge on any atom is 0.322 e. The molecule has 9 nitrogen and oxygen atoms in total. The van der Waals surface area contributed by atoms with E-state index in [0.717, 1.165) is 0 Å². The summed E-state index contributed by atoms with van der Waals surface area (Å²) >= 11 is 0. The molecule has 1 aromatic carbocycles. The van der Waals surface area contributed by atoms with E-state index in [0.29, 0.717) is 30.2 Å². The molecule has 0 saturated carbocycles. The lowest BCUT2D eigenvalue weighted by molar-refractivity contribution is -0.137. The Hall–Kier alpha value is -2.81. The summed E-state index contributed by atoms with van der Waals surface area (Å²) in [7, 11) is 4.62. The fraction of sp³-hybridized carbons (Fsp3) is 0.471. The third-order valence-corrected chi connectivity index (χ3v) is 4.14. The molecule has 2 N–H and O–H groups in total. The van der Waals surface area contributed by atoms with Crippen molar-refractivity contribution in [2.24, 2.45) is 0 Å². The standard InChI is InChI=1S/C17H24N4O5/c1-11-16(23)20(2)7-8-21(11)17(24)18-12-5-6-14(26-4)13(9-12)19-15(22)10-25-3/h5-6,9,11H,7-8,10H2,1-4H3,(H,18,24)(H,19,22)/t11-/m0/s1. The zero-order valence-electron chi connectivity index (χ0n) is 15.4. The van der Waals surface area contributed by atoms with E-state index in [4.69, 9.17) is 9.47 Å². The molecular formula is C17H24N4O5. The van der Waals surface area contributed by atoms with Gasteiger partial charge in [-0.05, 0) is 25.1 Å². The molecule has 1 atom stereocenters. The van der Waals surface area contributed by atoms with Crippen LogP contribution in [0.2, 0.25) is 0 Å². The Morgan fingerprint density at radius 2 is 1.96 bits per heavy atom. The molecule has 9 heteroatoms. The van der Waals surface area contributed by atoms with Crippen LogP contribution in [-0.4, -0.2) is 74.7 Å². The lowest BCUT2D eigenvalue weighted by atomic mass is 10.2. The van der Waals surface area contributed by atoms with E-state index in [1.807, 2.05) is 0 Å². The van der Waals surface area contributed by atoms with E-state index in [1.54, 1.807) is 37.1 Å². The van der Waals surface area contributed by atoms with Gasteiger partial charge in [0.25, 0.3) is 0 Å². The molecule has 0 bridgehead atoms. The molecule has 0 unspecified atom stereocenters. The molecule has 1 aliphatic heterocycles. The molecular weight excluding hydrogens is 340 g/mol. The first-order valence-electron chi connectivity index (χ1n) is 8.16. The second kappa shape index (κ2) is 8.52. The zero-order chi connectivity index (χ0) is 19.3. The van der Waals surface area contributed by atoms with Crippen molar-refractivity contribution in [3.05, 3.63) is 18.2 Å². The lowest BCUT2D eigenvalue weighted by Gasteiger charge is -2.37. The SMILES string of the molecule is COCC(=O)Nc1cc(NC(=O)N2CCN(C)C(=O)[C@@H]2C)ccc1OC.